The van der Waals surface area contributed by atoms with Gasteiger partial charge in [0.2, 0.25) is 5.78 Å². The number of benzene rings is 1. The van der Waals surface area contributed by atoms with Gasteiger partial charge in [-0.05, 0) is 44.8 Å². The molecule has 0 aliphatic heterocycles. The van der Waals surface area contributed by atoms with Gasteiger partial charge in [-0.25, -0.2) is 4.79 Å². The monoisotopic (exact) mass is 364 g/mol. The van der Waals surface area contributed by atoms with Crippen molar-refractivity contribution in [3.63, 3.8) is 0 Å². The van der Waals surface area contributed by atoms with Crippen LogP contribution in [0, 0.1) is 10.1 Å². The number of ketones is 1. The van der Waals surface area contributed by atoms with E-state index in [9.17, 15) is 19.7 Å². The molecule has 0 radical (unpaired) electrons. The van der Waals surface area contributed by atoms with E-state index >= 15 is 0 Å². The molecule has 0 fully saturated rings. The summed E-state index contributed by atoms with van der Waals surface area (Å²) in [7, 11) is 0. The molecule has 0 N–H and O–H groups in total. The van der Waals surface area contributed by atoms with Crippen molar-refractivity contribution in [2.24, 2.45) is 0 Å². The number of carbonyl (C=O) groups excluding carboxylic acids is 2. The molecule has 0 amide bonds. The second-order valence-corrected chi connectivity index (χ2v) is 6.08. The molecule has 0 aromatic heterocycles. The quantitative estimate of drug-likeness (QED) is 0.245. The molecule has 26 heavy (non-hydrogen) atoms. The number of Topliss-reactive ketones (excluding diaryl/α,β-unsaturated/α-hetero) is 1. The van der Waals surface area contributed by atoms with Gasteiger partial charge in [0.05, 0.1) is 18.0 Å². The van der Waals surface area contributed by atoms with Gasteiger partial charge in [0.25, 0.3) is 5.69 Å². The lowest BCUT2D eigenvalue weighted by molar-refractivity contribution is -0.385. The van der Waals surface area contributed by atoms with E-state index in [1.54, 1.807) is 19.1 Å². The standard InChI is InChI=1S/C19H28N2O5/c1-4-11-20(12-5-2)13-10-15-8-7-9-17(21(24)25)16(15)14-18(22)19(23)26-6-3/h7-9H,4-6,10-14H2,1-3H3. The number of rotatable bonds is 12. The number of hydrogen-bond donors (Lipinski definition) is 0. The highest BCUT2D eigenvalue weighted by Gasteiger charge is 2.24. The minimum atomic E-state index is -0.949. The van der Waals surface area contributed by atoms with E-state index < -0.39 is 16.7 Å². The molecule has 144 valence electrons. The topological polar surface area (TPSA) is 89.8 Å². The van der Waals surface area contributed by atoms with Gasteiger partial charge in [-0.2, -0.15) is 0 Å². The Morgan fingerprint density at radius 1 is 1.12 bits per heavy atom. The molecular formula is C19H28N2O5. The third-order valence-electron chi connectivity index (χ3n) is 4.06. The first kappa shape index (κ1) is 21.8. The fourth-order valence-electron chi connectivity index (χ4n) is 2.92. The number of nitrogens with zero attached hydrogens (tertiary/aromatic N) is 2. The molecule has 1 aromatic rings. The molecule has 0 bridgehead atoms. The first-order chi connectivity index (χ1) is 12.4. The van der Waals surface area contributed by atoms with Gasteiger partial charge in [-0.3, -0.25) is 14.9 Å². The lowest BCUT2D eigenvalue weighted by atomic mass is 9.97. The lowest BCUT2D eigenvalue weighted by Gasteiger charge is -2.21. The Hall–Kier alpha value is -2.28. The van der Waals surface area contributed by atoms with Crippen LogP contribution in [0.15, 0.2) is 18.2 Å². The Morgan fingerprint density at radius 3 is 2.31 bits per heavy atom. The summed E-state index contributed by atoms with van der Waals surface area (Å²) in [5.41, 5.74) is 0.912. The molecule has 0 saturated carbocycles. The van der Waals surface area contributed by atoms with Gasteiger partial charge >= 0.3 is 5.97 Å². The molecule has 0 atom stereocenters. The van der Waals surface area contributed by atoms with Crippen molar-refractivity contribution in [1.29, 1.82) is 0 Å². The Kier molecular flexibility index (Phi) is 9.51. The van der Waals surface area contributed by atoms with Crippen LogP contribution in [-0.4, -0.2) is 47.8 Å². The van der Waals surface area contributed by atoms with Crippen molar-refractivity contribution in [3.05, 3.63) is 39.4 Å². The van der Waals surface area contributed by atoms with E-state index in [0.29, 0.717) is 12.0 Å². The predicted octanol–water partition coefficient (Wildman–Crippen LogP) is 2.93. The van der Waals surface area contributed by atoms with E-state index in [2.05, 4.69) is 18.7 Å². The summed E-state index contributed by atoms with van der Waals surface area (Å²) in [4.78, 5) is 36.8. The summed E-state index contributed by atoms with van der Waals surface area (Å²) < 4.78 is 4.71. The number of nitro groups is 1. The minimum absolute atomic E-state index is 0.0946. The maximum atomic E-state index is 12.1. The molecule has 0 aliphatic carbocycles. The van der Waals surface area contributed by atoms with E-state index in [0.717, 1.165) is 38.0 Å². The third kappa shape index (κ3) is 6.55. The van der Waals surface area contributed by atoms with Crippen LogP contribution >= 0.6 is 0 Å². The second kappa shape index (κ2) is 11.4. The molecule has 0 aliphatic rings. The smallest absolute Gasteiger partial charge is 0.374 e. The average Bonchev–Trinajstić information content (AvgIpc) is 2.60. The van der Waals surface area contributed by atoms with Crippen molar-refractivity contribution >= 4 is 17.4 Å². The highest BCUT2D eigenvalue weighted by atomic mass is 16.6. The van der Waals surface area contributed by atoms with Crippen LogP contribution in [0.2, 0.25) is 0 Å². The van der Waals surface area contributed by atoms with E-state index in [4.69, 9.17) is 4.74 Å². The molecule has 0 heterocycles. The van der Waals surface area contributed by atoms with Crippen LogP contribution in [0.4, 0.5) is 5.69 Å². The van der Waals surface area contributed by atoms with Crippen molar-refractivity contribution < 1.29 is 19.2 Å². The van der Waals surface area contributed by atoms with Gasteiger partial charge in [0, 0.05) is 18.2 Å². The largest absolute Gasteiger partial charge is 0.460 e. The highest BCUT2D eigenvalue weighted by molar-refractivity contribution is 6.34. The van der Waals surface area contributed by atoms with Crippen molar-refractivity contribution in [1.82, 2.24) is 4.90 Å². The number of nitro benzene ring substituents is 1. The maximum absolute atomic E-state index is 12.1. The molecule has 1 rings (SSSR count). The van der Waals surface area contributed by atoms with Gasteiger partial charge in [-0.15, -0.1) is 0 Å². The molecule has 7 heteroatoms. The molecule has 0 spiro atoms. The van der Waals surface area contributed by atoms with E-state index in [1.807, 2.05) is 0 Å². The average molecular weight is 364 g/mol. The summed E-state index contributed by atoms with van der Waals surface area (Å²) in [6.45, 7) is 8.59. The lowest BCUT2D eigenvalue weighted by Crippen LogP contribution is -2.28. The van der Waals surface area contributed by atoms with Gasteiger partial charge < -0.3 is 9.64 Å². The SMILES string of the molecule is CCCN(CCC)CCc1cccc([N+](=O)[O-])c1CC(=O)C(=O)OCC. The third-order valence-corrected chi connectivity index (χ3v) is 4.06. The number of esters is 1. The molecule has 0 unspecified atom stereocenters. The molecule has 0 saturated heterocycles. The normalized spacial score (nSPS) is 10.8. The van der Waals surface area contributed by atoms with E-state index in [-0.39, 0.29) is 18.7 Å². The number of ether oxygens (including phenoxy) is 1. The van der Waals surface area contributed by atoms with E-state index in [1.165, 1.54) is 6.07 Å². The summed E-state index contributed by atoms with van der Waals surface area (Å²) in [5, 5.41) is 11.4. The van der Waals surface area contributed by atoms with Crippen LogP contribution < -0.4 is 0 Å². The second-order valence-electron chi connectivity index (χ2n) is 6.08. The first-order valence-electron chi connectivity index (χ1n) is 9.11. The van der Waals surface area contributed by atoms with Crippen molar-refractivity contribution in [2.45, 2.75) is 46.5 Å². The molecular weight excluding hydrogens is 336 g/mol. The van der Waals surface area contributed by atoms with Crippen LogP contribution in [0.3, 0.4) is 0 Å². The van der Waals surface area contributed by atoms with Gasteiger partial charge in [0.15, 0.2) is 0 Å². The summed E-state index contributed by atoms with van der Waals surface area (Å²) in [6, 6.07) is 4.78. The van der Waals surface area contributed by atoms with Crippen LogP contribution in [0.25, 0.3) is 0 Å². The van der Waals surface area contributed by atoms with Crippen LogP contribution in [0.5, 0.6) is 0 Å². The highest BCUT2D eigenvalue weighted by Crippen LogP contribution is 2.24. The predicted molar refractivity (Wildman–Crippen MR) is 99.2 cm³/mol. The number of carbonyl (C=O) groups is 2. The Morgan fingerprint density at radius 2 is 1.77 bits per heavy atom. The van der Waals surface area contributed by atoms with Gasteiger partial charge in [0.1, 0.15) is 0 Å². The fourth-order valence-corrected chi connectivity index (χ4v) is 2.92. The maximum Gasteiger partial charge on any atom is 0.374 e. The molecule has 7 nitrogen and oxygen atoms in total. The Balaban J connectivity index is 3.03. The van der Waals surface area contributed by atoms with Crippen molar-refractivity contribution in [2.75, 3.05) is 26.2 Å². The Labute approximate surface area is 154 Å². The Bertz CT molecular complexity index is 624. The fraction of sp³-hybridized carbons (Fsp3) is 0.579. The zero-order valence-corrected chi connectivity index (χ0v) is 15.8. The molecule has 1 aromatic carbocycles. The number of hydrogen-bond acceptors (Lipinski definition) is 6. The van der Waals surface area contributed by atoms with Crippen molar-refractivity contribution in [3.8, 4) is 0 Å². The zero-order chi connectivity index (χ0) is 19.5. The summed E-state index contributed by atoms with van der Waals surface area (Å²) in [6.07, 6.45) is 2.34. The first-order valence-corrected chi connectivity index (χ1v) is 9.11. The zero-order valence-electron chi connectivity index (χ0n) is 15.8. The summed E-state index contributed by atoms with van der Waals surface area (Å²) >= 11 is 0. The van der Waals surface area contributed by atoms with Crippen LogP contribution in [0.1, 0.15) is 44.7 Å². The minimum Gasteiger partial charge on any atom is -0.460 e. The van der Waals surface area contributed by atoms with Gasteiger partial charge in [-0.1, -0.05) is 26.0 Å². The van der Waals surface area contributed by atoms with Crippen LogP contribution in [-0.2, 0) is 27.2 Å². The summed E-state index contributed by atoms with van der Waals surface area (Å²) in [5.74, 6) is -1.71.